The lowest BCUT2D eigenvalue weighted by atomic mass is 10.1. The average molecular weight is 305 g/mol. The Balaban J connectivity index is 1.67. The second-order valence-corrected chi connectivity index (χ2v) is 5.98. The van der Waals surface area contributed by atoms with Crippen molar-refractivity contribution in [2.45, 2.75) is 32.4 Å². The number of likely N-dealkylation sites (tertiary alicyclic amines) is 1. The lowest BCUT2D eigenvalue weighted by Gasteiger charge is -2.22. The number of hydrogen-bond acceptors (Lipinski definition) is 5. The molecule has 0 radical (unpaired) electrons. The van der Waals surface area contributed by atoms with Crippen LogP contribution in [0.5, 0.6) is 0 Å². The Morgan fingerprint density at radius 1 is 1.62 bits per heavy atom. The van der Waals surface area contributed by atoms with Crippen LogP contribution in [0.3, 0.4) is 0 Å². The molecular formula is C15H19N3O2S. The maximum Gasteiger partial charge on any atom is 0.367 e. The van der Waals surface area contributed by atoms with E-state index in [9.17, 15) is 4.79 Å². The average Bonchev–Trinajstić information content (AvgIpc) is 3.20. The number of nitrogens with zero attached hydrogens (tertiary/aromatic N) is 2. The highest BCUT2D eigenvalue weighted by molar-refractivity contribution is 7.11. The number of hydrogen-bond donors (Lipinski definition) is 1. The van der Waals surface area contributed by atoms with Crippen LogP contribution in [0.15, 0.2) is 23.7 Å². The minimum atomic E-state index is -0.323. The van der Waals surface area contributed by atoms with E-state index in [1.54, 1.807) is 6.92 Å². The van der Waals surface area contributed by atoms with Crippen LogP contribution in [-0.2, 0) is 11.3 Å². The fourth-order valence-corrected chi connectivity index (χ4v) is 3.49. The van der Waals surface area contributed by atoms with Crippen LogP contribution < -0.4 is 0 Å². The smallest absolute Gasteiger partial charge is 0.367 e. The molecule has 2 aromatic rings. The maximum atomic E-state index is 11.7. The Bertz CT molecular complexity index is 594. The van der Waals surface area contributed by atoms with Gasteiger partial charge in [0.1, 0.15) is 0 Å². The van der Waals surface area contributed by atoms with E-state index in [4.69, 9.17) is 4.74 Å². The summed E-state index contributed by atoms with van der Waals surface area (Å²) in [6, 6.07) is 4.59. The zero-order chi connectivity index (χ0) is 14.7. The number of ether oxygens (including phenoxy) is 1. The molecule has 6 heteroatoms. The molecule has 112 valence electrons. The van der Waals surface area contributed by atoms with Crippen LogP contribution in [0.1, 0.15) is 47.0 Å². The highest BCUT2D eigenvalue weighted by Crippen LogP contribution is 2.32. The van der Waals surface area contributed by atoms with Crippen LogP contribution in [0.2, 0.25) is 0 Å². The first-order chi connectivity index (χ1) is 10.3. The van der Waals surface area contributed by atoms with Gasteiger partial charge in [0.15, 0.2) is 0 Å². The number of carbonyl (C=O) groups is 1. The van der Waals surface area contributed by atoms with Gasteiger partial charge in [-0.25, -0.2) is 9.78 Å². The third-order valence-electron chi connectivity index (χ3n) is 3.71. The predicted octanol–water partition coefficient (Wildman–Crippen LogP) is 2.99. The van der Waals surface area contributed by atoms with Crippen LogP contribution in [0.4, 0.5) is 0 Å². The second kappa shape index (κ2) is 6.41. The molecule has 1 saturated heterocycles. The lowest BCUT2D eigenvalue weighted by Crippen LogP contribution is -2.23. The van der Waals surface area contributed by atoms with E-state index in [0.29, 0.717) is 17.7 Å². The molecule has 3 rings (SSSR count). The molecule has 21 heavy (non-hydrogen) atoms. The van der Waals surface area contributed by atoms with Crippen molar-refractivity contribution < 1.29 is 9.53 Å². The molecule has 0 unspecified atom stereocenters. The Hall–Kier alpha value is -1.66. The summed E-state index contributed by atoms with van der Waals surface area (Å²) in [5.74, 6) is -0.323. The summed E-state index contributed by atoms with van der Waals surface area (Å²) in [6.07, 6.45) is 4.32. The van der Waals surface area contributed by atoms with E-state index in [1.807, 2.05) is 17.6 Å². The molecule has 0 spiro atoms. The van der Waals surface area contributed by atoms with Gasteiger partial charge in [0.25, 0.3) is 0 Å². The number of aromatic amines is 1. The molecule has 3 heterocycles. The Morgan fingerprint density at radius 2 is 2.52 bits per heavy atom. The molecule has 1 aliphatic heterocycles. The van der Waals surface area contributed by atoms with Crippen LogP contribution in [-0.4, -0.2) is 34.0 Å². The van der Waals surface area contributed by atoms with Crippen LogP contribution in [0, 0.1) is 0 Å². The van der Waals surface area contributed by atoms with Gasteiger partial charge in [0.05, 0.1) is 18.3 Å². The molecule has 1 N–H and O–H groups in total. The lowest BCUT2D eigenvalue weighted by molar-refractivity contribution is 0.0525. The zero-order valence-electron chi connectivity index (χ0n) is 12.0. The second-order valence-electron chi connectivity index (χ2n) is 5.12. The minimum Gasteiger partial charge on any atom is -0.461 e. The number of thiazole rings is 1. The standard InChI is InChI=1S/C15H19N3O2S/c1-2-20-15(19)14-17-11(10-21-14)9-18-8-4-6-13(18)12-5-3-7-16-12/h3,5,7,10,13,16H,2,4,6,8-9H2,1H3/t13-/m1/s1. The Kier molecular flexibility index (Phi) is 4.36. The van der Waals surface area contributed by atoms with Crippen LogP contribution >= 0.6 is 11.3 Å². The Labute approximate surface area is 128 Å². The molecule has 0 bridgehead atoms. The number of aromatic nitrogens is 2. The highest BCUT2D eigenvalue weighted by Gasteiger charge is 2.27. The predicted molar refractivity (Wildman–Crippen MR) is 81.2 cm³/mol. The Morgan fingerprint density at radius 3 is 3.29 bits per heavy atom. The summed E-state index contributed by atoms with van der Waals surface area (Å²) in [5, 5.41) is 2.40. The van der Waals surface area contributed by atoms with Gasteiger partial charge in [-0.1, -0.05) is 0 Å². The SMILES string of the molecule is CCOC(=O)c1nc(CN2CCC[C@@H]2c2ccc[nH]2)cs1. The first-order valence-corrected chi connectivity index (χ1v) is 8.14. The molecule has 1 aliphatic rings. The number of nitrogens with one attached hydrogen (secondary N) is 1. The number of rotatable bonds is 5. The van der Waals surface area contributed by atoms with E-state index >= 15 is 0 Å². The van der Waals surface area contributed by atoms with E-state index in [2.05, 4.69) is 20.9 Å². The van der Waals surface area contributed by atoms with Crippen molar-refractivity contribution in [1.29, 1.82) is 0 Å². The molecule has 2 aromatic heterocycles. The number of carbonyl (C=O) groups excluding carboxylic acids is 1. The van der Waals surface area contributed by atoms with Gasteiger partial charge in [0.2, 0.25) is 5.01 Å². The highest BCUT2D eigenvalue weighted by atomic mass is 32.1. The molecule has 0 aliphatic carbocycles. The number of esters is 1. The number of H-pyrrole nitrogens is 1. The summed E-state index contributed by atoms with van der Waals surface area (Å²) in [4.78, 5) is 21.8. The third-order valence-corrected chi connectivity index (χ3v) is 4.58. The van der Waals surface area contributed by atoms with Crippen molar-refractivity contribution in [2.24, 2.45) is 0 Å². The van der Waals surface area contributed by atoms with E-state index in [-0.39, 0.29) is 5.97 Å². The molecule has 1 atom stereocenters. The molecule has 0 amide bonds. The third kappa shape index (κ3) is 3.16. The quantitative estimate of drug-likeness (QED) is 0.863. The van der Waals surface area contributed by atoms with E-state index in [0.717, 1.165) is 25.2 Å². The summed E-state index contributed by atoms with van der Waals surface area (Å²) in [5.41, 5.74) is 2.20. The van der Waals surface area contributed by atoms with Crippen molar-refractivity contribution in [3.8, 4) is 0 Å². The maximum absolute atomic E-state index is 11.7. The van der Waals surface area contributed by atoms with Crippen molar-refractivity contribution in [2.75, 3.05) is 13.2 Å². The zero-order valence-corrected chi connectivity index (χ0v) is 12.9. The van der Waals surface area contributed by atoms with E-state index < -0.39 is 0 Å². The van der Waals surface area contributed by atoms with Crippen molar-refractivity contribution in [3.63, 3.8) is 0 Å². The van der Waals surface area contributed by atoms with Crippen LogP contribution in [0.25, 0.3) is 0 Å². The summed E-state index contributed by atoms with van der Waals surface area (Å²) in [7, 11) is 0. The van der Waals surface area contributed by atoms with Gasteiger partial charge in [-0.15, -0.1) is 11.3 Å². The van der Waals surface area contributed by atoms with Gasteiger partial charge in [-0.05, 0) is 38.4 Å². The van der Waals surface area contributed by atoms with E-state index in [1.165, 1.54) is 23.5 Å². The largest absolute Gasteiger partial charge is 0.461 e. The fourth-order valence-electron chi connectivity index (χ4n) is 2.79. The summed E-state index contributed by atoms with van der Waals surface area (Å²) >= 11 is 1.36. The monoisotopic (exact) mass is 305 g/mol. The van der Waals surface area contributed by atoms with Gasteiger partial charge < -0.3 is 9.72 Å². The normalized spacial score (nSPS) is 19.0. The first-order valence-electron chi connectivity index (χ1n) is 7.26. The molecule has 0 aromatic carbocycles. The first kappa shape index (κ1) is 14.3. The van der Waals surface area contributed by atoms with Crippen molar-refractivity contribution >= 4 is 17.3 Å². The summed E-state index contributed by atoms with van der Waals surface area (Å²) in [6.45, 7) is 4.03. The minimum absolute atomic E-state index is 0.323. The fraction of sp³-hybridized carbons (Fsp3) is 0.467. The van der Waals surface area contributed by atoms with Gasteiger partial charge in [-0.2, -0.15) is 0 Å². The van der Waals surface area contributed by atoms with Crippen molar-refractivity contribution in [3.05, 3.63) is 40.1 Å². The molecule has 0 saturated carbocycles. The van der Waals surface area contributed by atoms with Gasteiger partial charge >= 0.3 is 5.97 Å². The topological polar surface area (TPSA) is 58.2 Å². The van der Waals surface area contributed by atoms with Crippen molar-refractivity contribution in [1.82, 2.24) is 14.9 Å². The summed E-state index contributed by atoms with van der Waals surface area (Å²) < 4.78 is 4.98. The van der Waals surface area contributed by atoms with Gasteiger partial charge in [-0.3, -0.25) is 4.90 Å². The van der Waals surface area contributed by atoms with Gasteiger partial charge in [0, 0.05) is 23.8 Å². The molecular weight excluding hydrogens is 286 g/mol. The molecule has 5 nitrogen and oxygen atoms in total. The molecule has 1 fully saturated rings.